The maximum absolute atomic E-state index is 11.0. The van der Waals surface area contributed by atoms with Crippen LogP contribution in [-0.4, -0.2) is 25.8 Å². The van der Waals surface area contributed by atoms with Crippen molar-refractivity contribution in [1.29, 1.82) is 0 Å². The van der Waals surface area contributed by atoms with Crippen molar-refractivity contribution in [2.45, 2.75) is 24.4 Å². The Hall–Kier alpha value is -2.64. The van der Waals surface area contributed by atoms with Gasteiger partial charge in [0.1, 0.15) is 0 Å². The smallest absolute Gasteiger partial charge is 0.335 e. The zero-order valence-corrected chi connectivity index (χ0v) is 16.3. The first-order valence-corrected chi connectivity index (χ1v) is 10.3. The third kappa shape index (κ3) is 3.61. The fraction of sp³-hybridized carbons (Fsp3) is 0.150. The van der Waals surface area contributed by atoms with Crippen molar-refractivity contribution in [2.24, 2.45) is 0 Å². The van der Waals surface area contributed by atoms with E-state index in [0.717, 1.165) is 28.0 Å². The van der Waals surface area contributed by atoms with Crippen molar-refractivity contribution < 1.29 is 9.90 Å². The number of hydrogen-bond acceptors (Lipinski definition) is 5. The summed E-state index contributed by atoms with van der Waals surface area (Å²) in [7, 11) is 0. The zero-order valence-electron chi connectivity index (χ0n) is 14.6. The molecule has 0 spiro atoms. The van der Waals surface area contributed by atoms with Gasteiger partial charge >= 0.3 is 5.97 Å². The van der Waals surface area contributed by atoms with E-state index in [1.54, 1.807) is 35.2 Å². The van der Waals surface area contributed by atoms with E-state index < -0.39 is 5.97 Å². The molecular formula is C20H17N3O2S2. The number of rotatable bonds is 6. The Kier molecular flexibility index (Phi) is 4.96. The predicted molar refractivity (Wildman–Crippen MR) is 109 cm³/mol. The van der Waals surface area contributed by atoms with Gasteiger partial charge in [0.05, 0.1) is 10.4 Å². The van der Waals surface area contributed by atoms with Crippen molar-refractivity contribution in [3.63, 3.8) is 0 Å². The van der Waals surface area contributed by atoms with Gasteiger partial charge in [-0.25, -0.2) is 4.79 Å². The summed E-state index contributed by atoms with van der Waals surface area (Å²) in [6.07, 6.45) is 0. The Balaban J connectivity index is 1.56. The number of hydrogen-bond donors (Lipinski definition) is 1. The maximum atomic E-state index is 11.0. The van der Waals surface area contributed by atoms with E-state index in [0.29, 0.717) is 11.3 Å². The van der Waals surface area contributed by atoms with Crippen molar-refractivity contribution >= 4 is 39.2 Å². The molecule has 27 heavy (non-hydrogen) atoms. The van der Waals surface area contributed by atoms with Crippen molar-refractivity contribution in [1.82, 2.24) is 14.8 Å². The van der Waals surface area contributed by atoms with Crippen LogP contribution >= 0.6 is 23.1 Å². The SMILES string of the molecule is CCn1c(SCc2ccc(C(=O)O)cc2)nnc1-c1cc2ccccc2s1. The average Bonchev–Trinajstić information content (AvgIpc) is 3.29. The summed E-state index contributed by atoms with van der Waals surface area (Å²) in [6.45, 7) is 2.88. The lowest BCUT2D eigenvalue weighted by molar-refractivity contribution is 0.0697. The highest BCUT2D eigenvalue weighted by Crippen LogP contribution is 2.34. The molecule has 2 heterocycles. The Morgan fingerprint density at radius 1 is 1.15 bits per heavy atom. The third-order valence-electron chi connectivity index (χ3n) is 4.25. The highest BCUT2D eigenvalue weighted by atomic mass is 32.2. The van der Waals surface area contributed by atoms with Crippen LogP contribution in [0.4, 0.5) is 0 Å². The monoisotopic (exact) mass is 395 g/mol. The quantitative estimate of drug-likeness (QED) is 0.456. The van der Waals surface area contributed by atoms with Crippen LogP contribution in [0.5, 0.6) is 0 Å². The van der Waals surface area contributed by atoms with Gasteiger partial charge in [0.25, 0.3) is 0 Å². The highest BCUT2D eigenvalue weighted by Gasteiger charge is 2.15. The first kappa shape index (κ1) is 17.8. The standard InChI is InChI=1S/C20H17N3O2S2/c1-2-23-18(17-11-15-5-3-4-6-16(15)27-17)21-22-20(23)26-12-13-7-9-14(10-8-13)19(24)25/h3-11H,2,12H2,1H3,(H,24,25). The molecule has 0 aliphatic rings. The van der Waals surface area contributed by atoms with Crippen LogP contribution < -0.4 is 0 Å². The molecule has 5 nitrogen and oxygen atoms in total. The molecule has 136 valence electrons. The summed E-state index contributed by atoms with van der Waals surface area (Å²) in [5.74, 6) is 0.695. The summed E-state index contributed by atoms with van der Waals surface area (Å²) in [5.41, 5.74) is 1.35. The number of aromatic nitrogens is 3. The van der Waals surface area contributed by atoms with Crippen molar-refractivity contribution in [2.75, 3.05) is 0 Å². The molecule has 0 atom stereocenters. The Morgan fingerprint density at radius 3 is 2.63 bits per heavy atom. The van der Waals surface area contributed by atoms with Crippen LogP contribution in [0, 0.1) is 0 Å². The molecule has 7 heteroatoms. The minimum absolute atomic E-state index is 0.299. The second kappa shape index (κ2) is 7.54. The summed E-state index contributed by atoms with van der Waals surface area (Å²) in [5, 5.41) is 19.9. The Bertz CT molecular complexity index is 1070. The van der Waals surface area contributed by atoms with E-state index in [9.17, 15) is 4.79 Å². The van der Waals surface area contributed by atoms with E-state index in [1.807, 2.05) is 24.3 Å². The number of carbonyl (C=O) groups is 1. The van der Waals surface area contributed by atoms with E-state index in [-0.39, 0.29) is 0 Å². The predicted octanol–water partition coefficient (Wildman–Crippen LogP) is 5.17. The molecule has 0 amide bonds. The molecular weight excluding hydrogens is 378 g/mol. The first-order valence-electron chi connectivity index (χ1n) is 8.53. The number of carboxylic acids is 1. The van der Waals surface area contributed by atoms with E-state index in [4.69, 9.17) is 5.11 Å². The second-order valence-corrected chi connectivity index (χ2v) is 8.02. The normalized spacial score (nSPS) is 11.1. The Labute approximate surface area is 164 Å². The largest absolute Gasteiger partial charge is 0.478 e. The van der Waals surface area contributed by atoms with Crippen LogP contribution in [0.3, 0.4) is 0 Å². The van der Waals surface area contributed by atoms with Gasteiger partial charge in [0, 0.05) is 17.0 Å². The number of fused-ring (bicyclic) bond motifs is 1. The topological polar surface area (TPSA) is 68.0 Å². The number of aromatic carboxylic acids is 1. The number of thioether (sulfide) groups is 1. The molecule has 0 unspecified atom stereocenters. The number of thiophene rings is 1. The van der Waals surface area contributed by atoms with Gasteiger partial charge in [0.15, 0.2) is 11.0 Å². The maximum Gasteiger partial charge on any atom is 0.335 e. The third-order valence-corrected chi connectivity index (χ3v) is 6.40. The fourth-order valence-electron chi connectivity index (χ4n) is 2.85. The van der Waals surface area contributed by atoms with Gasteiger partial charge in [0.2, 0.25) is 0 Å². The summed E-state index contributed by atoms with van der Waals surface area (Å²) in [6, 6.07) is 17.4. The highest BCUT2D eigenvalue weighted by molar-refractivity contribution is 7.98. The van der Waals surface area contributed by atoms with Crippen molar-refractivity contribution in [3.05, 3.63) is 65.7 Å². The minimum Gasteiger partial charge on any atom is -0.478 e. The van der Waals surface area contributed by atoms with Gasteiger partial charge in [-0.05, 0) is 42.1 Å². The second-order valence-electron chi connectivity index (χ2n) is 5.99. The molecule has 2 aromatic heterocycles. The molecule has 4 rings (SSSR count). The van der Waals surface area contributed by atoms with E-state index in [2.05, 4.69) is 39.9 Å². The first-order chi connectivity index (χ1) is 13.2. The summed E-state index contributed by atoms with van der Waals surface area (Å²) in [4.78, 5) is 12.1. The molecule has 4 aromatic rings. The minimum atomic E-state index is -0.909. The van der Waals surface area contributed by atoms with Crippen LogP contribution in [0.1, 0.15) is 22.8 Å². The molecule has 0 saturated carbocycles. The number of nitrogens with zero attached hydrogens (tertiary/aromatic N) is 3. The lowest BCUT2D eigenvalue weighted by Crippen LogP contribution is -1.99. The lowest BCUT2D eigenvalue weighted by Gasteiger charge is -2.06. The molecule has 0 fully saturated rings. The Morgan fingerprint density at radius 2 is 1.93 bits per heavy atom. The van der Waals surface area contributed by atoms with Gasteiger partial charge in [-0.3, -0.25) is 0 Å². The van der Waals surface area contributed by atoms with Gasteiger partial charge < -0.3 is 9.67 Å². The van der Waals surface area contributed by atoms with Gasteiger partial charge in [-0.15, -0.1) is 21.5 Å². The molecule has 0 bridgehead atoms. The van der Waals surface area contributed by atoms with E-state index in [1.165, 1.54) is 10.1 Å². The van der Waals surface area contributed by atoms with Gasteiger partial charge in [-0.2, -0.15) is 0 Å². The van der Waals surface area contributed by atoms with Crippen LogP contribution in [0.2, 0.25) is 0 Å². The summed E-state index contributed by atoms with van der Waals surface area (Å²) < 4.78 is 3.37. The van der Waals surface area contributed by atoms with E-state index >= 15 is 0 Å². The lowest BCUT2D eigenvalue weighted by atomic mass is 10.1. The van der Waals surface area contributed by atoms with Crippen LogP contribution in [0.15, 0.2) is 59.8 Å². The summed E-state index contributed by atoms with van der Waals surface area (Å²) >= 11 is 3.33. The molecule has 0 radical (unpaired) electrons. The average molecular weight is 396 g/mol. The number of carboxylic acid groups (broad SMARTS) is 1. The van der Waals surface area contributed by atoms with Crippen molar-refractivity contribution in [3.8, 4) is 10.7 Å². The van der Waals surface area contributed by atoms with Crippen LogP contribution in [-0.2, 0) is 12.3 Å². The molecule has 0 aliphatic carbocycles. The molecule has 1 N–H and O–H groups in total. The molecule has 0 saturated heterocycles. The van der Waals surface area contributed by atoms with Crippen LogP contribution in [0.25, 0.3) is 20.8 Å². The fourth-order valence-corrected chi connectivity index (χ4v) is 4.86. The zero-order chi connectivity index (χ0) is 18.8. The molecule has 0 aliphatic heterocycles. The van der Waals surface area contributed by atoms with Gasteiger partial charge in [-0.1, -0.05) is 42.1 Å². The number of benzene rings is 2. The molecule has 2 aromatic carbocycles.